The van der Waals surface area contributed by atoms with Gasteiger partial charge in [0, 0.05) is 17.0 Å². The monoisotopic (exact) mass is 331 g/mol. The van der Waals surface area contributed by atoms with E-state index in [-0.39, 0.29) is 18.5 Å². The highest BCUT2D eigenvalue weighted by atomic mass is 32.1. The molecular weight excluding hydrogens is 314 g/mol. The zero-order valence-corrected chi connectivity index (χ0v) is 13.6. The highest BCUT2D eigenvalue weighted by molar-refractivity contribution is 7.10. The number of carbonyl (C=O) groups is 2. The molecule has 1 aliphatic carbocycles. The predicted molar refractivity (Wildman–Crippen MR) is 83.7 cm³/mol. The summed E-state index contributed by atoms with van der Waals surface area (Å²) in [5.41, 5.74) is 0.0772. The van der Waals surface area contributed by atoms with Crippen molar-refractivity contribution in [3.8, 4) is 0 Å². The van der Waals surface area contributed by atoms with Crippen molar-refractivity contribution in [2.75, 3.05) is 0 Å². The maximum atomic E-state index is 13.1. The van der Waals surface area contributed by atoms with Crippen LogP contribution in [0.3, 0.4) is 0 Å². The standard InChI is InChI=1S/C15H17N5O2S/c1-2-20-12(16-9-17-20)8-19-13(21)15(18-14(19)22)6-3-4-11-10(15)5-7-23-11/h5,7,9H,2-4,6,8H2,1H3,(H,18,22)/t15-/m1/s1. The summed E-state index contributed by atoms with van der Waals surface area (Å²) in [6.07, 6.45) is 3.98. The Hall–Kier alpha value is -2.22. The number of nitrogens with one attached hydrogen (secondary N) is 1. The molecule has 2 aromatic rings. The molecule has 2 aromatic heterocycles. The van der Waals surface area contributed by atoms with E-state index in [1.54, 1.807) is 16.0 Å². The summed E-state index contributed by atoms with van der Waals surface area (Å²) < 4.78 is 1.70. The van der Waals surface area contributed by atoms with Crippen molar-refractivity contribution in [3.63, 3.8) is 0 Å². The fourth-order valence-electron chi connectivity index (χ4n) is 3.50. The lowest BCUT2D eigenvalue weighted by Gasteiger charge is -2.31. The normalized spacial score (nSPS) is 23.4. The topological polar surface area (TPSA) is 80.1 Å². The predicted octanol–water partition coefficient (Wildman–Crippen LogP) is 1.64. The number of fused-ring (bicyclic) bond motifs is 2. The molecule has 8 heteroatoms. The number of urea groups is 1. The average Bonchev–Trinajstić information content (AvgIpc) is 3.24. The van der Waals surface area contributed by atoms with E-state index in [9.17, 15) is 9.59 Å². The number of aryl methyl sites for hydroxylation is 2. The SMILES string of the molecule is CCn1ncnc1CN1C(=O)N[C@@]2(CCCc3sccc32)C1=O. The van der Waals surface area contributed by atoms with Crippen LogP contribution in [-0.2, 0) is 29.8 Å². The number of nitrogens with zero attached hydrogens (tertiary/aromatic N) is 4. The van der Waals surface area contributed by atoms with Crippen LogP contribution in [0, 0.1) is 0 Å². The van der Waals surface area contributed by atoms with Gasteiger partial charge >= 0.3 is 6.03 Å². The van der Waals surface area contributed by atoms with E-state index in [0.29, 0.717) is 18.8 Å². The molecule has 1 atom stereocenters. The van der Waals surface area contributed by atoms with Crippen LogP contribution in [0.15, 0.2) is 17.8 Å². The van der Waals surface area contributed by atoms with Gasteiger partial charge in [0.05, 0.1) is 6.54 Å². The zero-order chi connectivity index (χ0) is 16.0. The molecule has 1 N–H and O–H groups in total. The minimum absolute atomic E-state index is 0.153. The average molecular weight is 331 g/mol. The Labute approximate surface area is 137 Å². The van der Waals surface area contributed by atoms with Gasteiger partial charge in [-0.1, -0.05) is 0 Å². The molecule has 3 heterocycles. The highest BCUT2D eigenvalue weighted by Gasteiger charge is 2.54. The van der Waals surface area contributed by atoms with Gasteiger partial charge in [0.2, 0.25) is 0 Å². The van der Waals surface area contributed by atoms with Gasteiger partial charge < -0.3 is 5.32 Å². The summed E-state index contributed by atoms with van der Waals surface area (Å²) in [7, 11) is 0. The van der Waals surface area contributed by atoms with Crippen LogP contribution >= 0.6 is 11.3 Å². The van der Waals surface area contributed by atoms with Crippen LogP contribution in [0.25, 0.3) is 0 Å². The molecule has 3 amide bonds. The Morgan fingerprint density at radius 1 is 1.43 bits per heavy atom. The molecular formula is C15H17N5O2S. The molecule has 1 spiro atoms. The van der Waals surface area contributed by atoms with E-state index >= 15 is 0 Å². The lowest BCUT2D eigenvalue weighted by atomic mass is 9.80. The molecule has 0 aromatic carbocycles. The molecule has 0 unspecified atom stereocenters. The van der Waals surface area contributed by atoms with Crippen molar-refractivity contribution in [1.29, 1.82) is 0 Å². The second kappa shape index (κ2) is 5.16. The first-order valence-corrected chi connectivity index (χ1v) is 8.61. The molecule has 1 fully saturated rings. The summed E-state index contributed by atoms with van der Waals surface area (Å²) in [6, 6.07) is 1.62. The number of hydrogen-bond acceptors (Lipinski definition) is 5. The molecule has 23 heavy (non-hydrogen) atoms. The number of aromatic nitrogens is 3. The number of rotatable bonds is 3. The van der Waals surface area contributed by atoms with E-state index in [1.807, 2.05) is 18.4 Å². The maximum Gasteiger partial charge on any atom is 0.325 e. The second-order valence-electron chi connectivity index (χ2n) is 5.83. The molecule has 7 nitrogen and oxygen atoms in total. The zero-order valence-electron chi connectivity index (χ0n) is 12.8. The quantitative estimate of drug-likeness (QED) is 0.867. The van der Waals surface area contributed by atoms with Gasteiger partial charge in [0.25, 0.3) is 5.91 Å². The van der Waals surface area contributed by atoms with Gasteiger partial charge in [0.1, 0.15) is 17.7 Å². The molecule has 4 rings (SSSR count). The second-order valence-corrected chi connectivity index (χ2v) is 6.83. The Kier molecular flexibility index (Phi) is 3.22. The first-order valence-electron chi connectivity index (χ1n) is 7.73. The van der Waals surface area contributed by atoms with Gasteiger partial charge in [0.15, 0.2) is 0 Å². The van der Waals surface area contributed by atoms with Crippen LogP contribution in [0.2, 0.25) is 0 Å². The molecule has 120 valence electrons. The Morgan fingerprint density at radius 3 is 3.13 bits per heavy atom. The number of carbonyl (C=O) groups excluding carboxylic acids is 2. The number of thiophene rings is 1. The first kappa shape index (κ1) is 14.4. The van der Waals surface area contributed by atoms with E-state index in [4.69, 9.17) is 0 Å². The minimum Gasteiger partial charge on any atom is -0.319 e. The van der Waals surface area contributed by atoms with Gasteiger partial charge in [-0.05, 0) is 37.6 Å². The van der Waals surface area contributed by atoms with Gasteiger partial charge in [-0.3, -0.25) is 9.69 Å². The fourth-order valence-corrected chi connectivity index (χ4v) is 4.50. The number of imide groups is 1. The summed E-state index contributed by atoms with van der Waals surface area (Å²) in [4.78, 5) is 32.2. The van der Waals surface area contributed by atoms with Gasteiger partial charge in [-0.15, -0.1) is 11.3 Å². The number of hydrogen-bond donors (Lipinski definition) is 1. The number of amides is 3. The van der Waals surface area contributed by atoms with Crippen molar-refractivity contribution in [2.45, 2.75) is 44.8 Å². The largest absolute Gasteiger partial charge is 0.325 e. The van der Waals surface area contributed by atoms with Crippen molar-refractivity contribution in [1.82, 2.24) is 25.0 Å². The third kappa shape index (κ3) is 2.01. The lowest BCUT2D eigenvalue weighted by Crippen LogP contribution is -2.46. The molecule has 1 aliphatic heterocycles. The van der Waals surface area contributed by atoms with Crippen LogP contribution in [0.1, 0.15) is 36.0 Å². The van der Waals surface area contributed by atoms with Crippen LogP contribution in [0.5, 0.6) is 0 Å². The van der Waals surface area contributed by atoms with Gasteiger partial charge in [-0.2, -0.15) is 5.10 Å². The van der Waals surface area contributed by atoms with Crippen LogP contribution < -0.4 is 5.32 Å². The molecule has 0 radical (unpaired) electrons. The smallest absolute Gasteiger partial charge is 0.319 e. The van der Waals surface area contributed by atoms with E-state index in [2.05, 4.69) is 15.4 Å². The van der Waals surface area contributed by atoms with Crippen LogP contribution in [0.4, 0.5) is 4.79 Å². The Balaban J connectivity index is 1.68. The Bertz CT molecular complexity index is 782. The molecule has 1 saturated heterocycles. The summed E-state index contributed by atoms with van der Waals surface area (Å²) in [5, 5.41) is 9.04. The van der Waals surface area contributed by atoms with Gasteiger partial charge in [-0.25, -0.2) is 14.5 Å². The first-order chi connectivity index (χ1) is 11.2. The molecule has 0 saturated carbocycles. The van der Waals surface area contributed by atoms with Crippen molar-refractivity contribution in [3.05, 3.63) is 34.0 Å². The third-order valence-electron chi connectivity index (χ3n) is 4.63. The van der Waals surface area contributed by atoms with E-state index in [1.165, 1.54) is 16.1 Å². The van der Waals surface area contributed by atoms with E-state index in [0.717, 1.165) is 18.4 Å². The fraction of sp³-hybridized carbons (Fsp3) is 0.467. The highest BCUT2D eigenvalue weighted by Crippen LogP contribution is 2.42. The minimum atomic E-state index is -0.887. The van der Waals surface area contributed by atoms with Crippen LogP contribution in [-0.4, -0.2) is 31.6 Å². The van der Waals surface area contributed by atoms with Crippen molar-refractivity contribution < 1.29 is 9.59 Å². The van der Waals surface area contributed by atoms with Crippen molar-refractivity contribution >= 4 is 23.3 Å². The van der Waals surface area contributed by atoms with E-state index < -0.39 is 5.54 Å². The van der Waals surface area contributed by atoms with Crippen molar-refractivity contribution in [2.24, 2.45) is 0 Å². The lowest BCUT2D eigenvalue weighted by molar-refractivity contribution is -0.132. The summed E-state index contributed by atoms with van der Waals surface area (Å²) in [6.45, 7) is 2.75. The maximum absolute atomic E-state index is 13.1. The summed E-state index contributed by atoms with van der Waals surface area (Å²) >= 11 is 1.65. The third-order valence-corrected chi connectivity index (χ3v) is 5.61. The molecule has 2 aliphatic rings. The summed E-state index contributed by atoms with van der Waals surface area (Å²) in [5.74, 6) is 0.446. The molecule has 0 bridgehead atoms. The Morgan fingerprint density at radius 2 is 2.30 bits per heavy atom.